The molecular weight excluding hydrogens is 216 g/mol. The van der Waals surface area contributed by atoms with Crippen LogP contribution in [0.2, 0.25) is 0 Å². The Hall–Kier alpha value is -1.77. The van der Waals surface area contributed by atoms with Gasteiger partial charge in [0, 0.05) is 10.9 Å². The first-order valence-electron chi connectivity index (χ1n) is 5.57. The molecule has 0 atom stereocenters. The van der Waals surface area contributed by atoms with E-state index >= 15 is 0 Å². The molecule has 0 saturated heterocycles. The largest absolute Gasteiger partial charge is 0.478 e. The number of furan rings is 1. The van der Waals surface area contributed by atoms with Crippen molar-refractivity contribution in [2.45, 2.75) is 33.1 Å². The predicted octanol–water partition coefficient (Wildman–Crippen LogP) is 3.74. The molecule has 0 aliphatic rings. The zero-order chi connectivity index (χ0) is 12.8. The SMILES string of the molecule is Cc1ccc(C(C)(C)C)c2occ(C(=O)O)c12. The van der Waals surface area contributed by atoms with Gasteiger partial charge in [-0.3, -0.25) is 0 Å². The van der Waals surface area contributed by atoms with Gasteiger partial charge < -0.3 is 9.52 Å². The van der Waals surface area contributed by atoms with Crippen LogP contribution in [-0.2, 0) is 5.41 Å². The lowest BCUT2D eigenvalue weighted by molar-refractivity contribution is 0.0698. The Morgan fingerprint density at radius 1 is 1.29 bits per heavy atom. The van der Waals surface area contributed by atoms with Gasteiger partial charge in [-0.15, -0.1) is 0 Å². The van der Waals surface area contributed by atoms with Crippen LogP contribution in [0.5, 0.6) is 0 Å². The zero-order valence-corrected chi connectivity index (χ0v) is 10.5. The highest BCUT2D eigenvalue weighted by molar-refractivity contribution is 6.04. The Bertz CT molecular complexity index is 585. The van der Waals surface area contributed by atoms with E-state index in [1.54, 1.807) is 0 Å². The molecule has 2 aromatic rings. The van der Waals surface area contributed by atoms with E-state index in [4.69, 9.17) is 9.52 Å². The number of carboxylic acid groups (broad SMARTS) is 1. The Kier molecular flexibility index (Phi) is 2.49. The van der Waals surface area contributed by atoms with Crippen LogP contribution in [0.15, 0.2) is 22.8 Å². The summed E-state index contributed by atoms with van der Waals surface area (Å²) in [6, 6.07) is 3.96. The first kappa shape index (κ1) is 11.7. The number of carboxylic acids is 1. The topological polar surface area (TPSA) is 50.4 Å². The van der Waals surface area contributed by atoms with Crippen molar-refractivity contribution in [1.29, 1.82) is 0 Å². The van der Waals surface area contributed by atoms with Gasteiger partial charge in [0.05, 0.1) is 0 Å². The van der Waals surface area contributed by atoms with Crippen LogP contribution >= 0.6 is 0 Å². The van der Waals surface area contributed by atoms with Crippen molar-refractivity contribution in [2.24, 2.45) is 0 Å². The average molecular weight is 232 g/mol. The maximum absolute atomic E-state index is 11.1. The molecule has 1 N–H and O–H groups in total. The van der Waals surface area contributed by atoms with Gasteiger partial charge in [-0.25, -0.2) is 4.79 Å². The Balaban J connectivity index is 2.85. The van der Waals surface area contributed by atoms with Crippen LogP contribution in [0.1, 0.15) is 42.3 Å². The van der Waals surface area contributed by atoms with Gasteiger partial charge in [0.2, 0.25) is 0 Å². The number of hydrogen-bond donors (Lipinski definition) is 1. The summed E-state index contributed by atoms with van der Waals surface area (Å²) in [5.74, 6) is -0.946. The highest BCUT2D eigenvalue weighted by atomic mass is 16.4. The molecule has 0 aliphatic heterocycles. The molecular formula is C14H16O3. The lowest BCUT2D eigenvalue weighted by Gasteiger charge is -2.19. The third kappa shape index (κ3) is 1.82. The smallest absolute Gasteiger partial charge is 0.339 e. The van der Waals surface area contributed by atoms with Gasteiger partial charge in [-0.1, -0.05) is 32.9 Å². The Labute approximate surface area is 100 Å². The van der Waals surface area contributed by atoms with E-state index in [2.05, 4.69) is 20.8 Å². The molecule has 3 heteroatoms. The minimum atomic E-state index is -0.946. The fraction of sp³-hybridized carbons (Fsp3) is 0.357. The number of hydrogen-bond acceptors (Lipinski definition) is 2. The third-order valence-corrected chi connectivity index (χ3v) is 2.97. The van der Waals surface area contributed by atoms with Gasteiger partial charge in [0.15, 0.2) is 0 Å². The number of fused-ring (bicyclic) bond motifs is 1. The molecule has 0 unspecified atom stereocenters. The fourth-order valence-corrected chi connectivity index (χ4v) is 2.06. The van der Waals surface area contributed by atoms with E-state index in [1.807, 2.05) is 19.1 Å². The first-order valence-corrected chi connectivity index (χ1v) is 5.57. The molecule has 90 valence electrons. The third-order valence-electron chi connectivity index (χ3n) is 2.97. The van der Waals surface area contributed by atoms with Crippen molar-refractivity contribution in [3.8, 4) is 0 Å². The quantitative estimate of drug-likeness (QED) is 0.814. The fourth-order valence-electron chi connectivity index (χ4n) is 2.06. The molecule has 0 bridgehead atoms. The molecule has 0 aliphatic carbocycles. The zero-order valence-electron chi connectivity index (χ0n) is 10.5. The number of rotatable bonds is 1. The minimum absolute atomic E-state index is 0.0699. The molecule has 17 heavy (non-hydrogen) atoms. The van der Waals surface area contributed by atoms with Crippen LogP contribution in [0.3, 0.4) is 0 Å². The molecule has 0 saturated carbocycles. The summed E-state index contributed by atoms with van der Waals surface area (Å²) in [5, 5.41) is 9.84. The van der Waals surface area contributed by atoms with Crippen molar-refractivity contribution in [2.75, 3.05) is 0 Å². The predicted molar refractivity (Wildman–Crippen MR) is 66.6 cm³/mol. The average Bonchev–Trinajstić information content (AvgIpc) is 2.60. The monoisotopic (exact) mass is 232 g/mol. The van der Waals surface area contributed by atoms with Crippen LogP contribution in [-0.4, -0.2) is 11.1 Å². The molecule has 2 rings (SSSR count). The molecule has 1 heterocycles. The summed E-state index contributed by atoms with van der Waals surface area (Å²) < 4.78 is 5.47. The number of aryl methyl sites for hydroxylation is 1. The van der Waals surface area contributed by atoms with Crippen LogP contribution in [0.4, 0.5) is 0 Å². The van der Waals surface area contributed by atoms with Gasteiger partial charge >= 0.3 is 5.97 Å². The number of carbonyl (C=O) groups is 1. The summed E-state index contributed by atoms with van der Waals surface area (Å²) in [4.78, 5) is 11.1. The standard InChI is InChI=1S/C14H16O3/c1-8-5-6-10(14(2,3)4)12-11(8)9(7-17-12)13(15)16/h5-7H,1-4H3,(H,15,16). The second-order valence-corrected chi connectivity index (χ2v) is 5.34. The van der Waals surface area contributed by atoms with Gasteiger partial charge in [-0.05, 0) is 17.9 Å². The van der Waals surface area contributed by atoms with Crippen LogP contribution in [0, 0.1) is 6.92 Å². The van der Waals surface area contributed by atoms with Crippen molar-refractivity contribution in [1.82, 2.24) is 0 Å². The maximum Gasteiger partial charge on any atom is 0.339 e. The lowest BCUT2D eigenvalue weighted by atomic mass is 9.85. The molecule has 0 spiro atoms. The molecule has 0 fully saturated rings. The summed E-state index contributed by atoms with van der Waals surface area (Å²) in [7, 11) is 0. The van der Waals surface area contributed by atoms with Gasteiger partial charge in [0.25, 0.3) is 0 Å². The molecule has 1 aromatic carbocycles. The van der Waals surface area contributed by atoms with E-state index in [1.165, 1.54) is 6.26 Å². The summed E-state index contributed by atoms with van der Waals surface area (Å²) in [6.45, 7) is 8.15. The first-order chi connectivity index (χ1) is 7.82. The molecule has 0 radical (unpaired) electrons. The van der Waals surface area contributed by atoms with E-state index in [0.29, 0.717) is 11.0 Å². The molecule has 3 nitrogen and oxygen atoms in total. The summed E-state index contributed by atoms with van der Waals surface area (Å²) in [5.41, 5.74) is 2.82. The highest BCUT2D eigenvalue weighted by Gasteiger charge is 2.23. The van der Waals surface area contributed by atoms with Crippen molar-refractivity contribution >= 4 is 16.9 Å². The van der Waals surface area contributed by atoms with E-state index < -0.39 is 5.97 Å². The summed E-state index contributed by atoms with van der Waals surface area (Å²) in [6.07, 6.45) is 1.33. The van der Waals surface area contributed by atoms with E-state index in [0.717, 1.165) is 11.1 Å². The summed E-state index contributed by atoms with van der Waals surface area (Å²) >= 11 is 0. The minimum Gasteiger partial charge on any atom is -0.478 e. The second-order valence-electron chi connectivity index (χ2n) is 5.34. The molecule has 0 amide bonds. The highest BCUT2D eigenvalue weighted by Crippen LogP contribution is 2.34. The Morgan fingerprint density at radius 3 is 2.47 bits per heavy atom. The van der Waals surface area contributed by atoms with E-state index in [-0.39, 0.29) is 11.0 Å². The van der Waals surface area contributed by atoms with Gasteiger partial charge in [0.1, 0.15) is 17.4 Å². The number of benzene rings is 1. The lowest BCUT2D eigenvalue weighted by Crippen LogP contribution is -2.11. The normalized spacial score (nSPS) is 12.0. The maximum atomic E-state index is 11.1. The van der Waals surface area contributed by atoms with Gasteiger partial charge in [-0.2, -0.15) is 0 Å². The van der Waals surface area contributed by atoms with Crippen molar-refractivity contribution < 1.29 is 14.3 Å². The van der Waals surface area contributed by atoms with Crippen LogP contribution < -0.4 is 0 Å². The van der Waals surface area contributed by atoms with Crippen molar-refractivity contribution in [3.05, 3.63) is 35.1 Å². The number of aromatic carboxylic acids is 1. The van der Waals surface area contributed by atoms with Crippen molar-refractivity contribution in [3.63, 3.8) is 0 Å². The van der Waals surface area contributed by atoms with Crippen LogP contribution in [0.25, 0.3) is 11.0 Å². The second kappa shape index (κ2) is 3.62. The van der Waals surface area contributed by atoms with E-state index in [9.17, 15) is 4.79 Å². The molecule has 1 aromatic heterocycles. The Morgan fingerprint density at radius 2 is 1.94 bits per heavy atom.